The van der Waals surface area contributed by atoms with E-state index in [-0.39, 0.29) is 5.97 Å². The summed E-state index contributed by atoms with van der Waals surface area (Å²) in [6.07, 6.45) is 8.09. The normalized spacial score (nSPS) is 14.0. The van der Waals surface area contributed by atoms with Gasteiger partial charge in [0, 0.05) is 17.8 Å². The molecule has 3 aromatic carbocycles. The summed E-state index contributed by atoms with van der Waals surface area (Å²) in [5, 5.41) is 3.79. The highest BCUT2D eigenvalue weighted by Gasteiger charge is 2.27. The van der Waals surface area contributed by atoms with Gasteiger partial charge in [-0.2, -0.15) is 0 Å². The van der Waals surface area contributed by atoms with Crippen molar-refractivity contribution in [1.29, 1.82) is 0 Å². The van der Waals surface area contributed by atoms with Crippen molar-refractivity contribution in [3.8, 4) is 17.0 Å². The van der Waals surface area contributed by atoms with Gasteiger partial charge in [-0.3, -0.25) is 9.20 Å². The van der Waals surface area contributed by atoms with Crippen molar-refractivity contribution >= 4 is 17.4 Å². The van der Waals surface area contributed by atoms with Crippen molar-refractivity contribution in [2.75, 3.05) is 5.32 Å². The van der Waals surface area contributed by atoms with Crippen molar-refractivity contribution in [2.45, 2.75) is 44.1 Å². The molecule has 1 saturated carbocycles. The van der Waals surface area contributed by atoms with Gasteiger partial charge >= 0.3 is 5.97 Å². The zero-order valence-electron chi connectivity index (χ0n) is 21.3. The lowest BCUT2D eigenvalue weighted by Gasteiger charge is -2.24. The van der Waals surface area contributed by atoms with E-state index in [1.807, 2.05) is 109 Å². The number of esters is 1. The first-order valence-electron chi connectivity index (χ1n) is 13.4. The van der Waals surface area contributed by atoms with Gasteiger partial charge in [0.1, 0.15) is 28.8 Å². The second-order valence-corrected chi connectivity index (χ2v) is 9.89. The van der Waals surface area contributed by atoms with E-state index in [2.05, 4.69) is 9.72 Å². The smallest absolute Gasteiger partial charge is 0.323 e. The average Bonchev–Trinajstić information content (AvgIpc) is 3.33. The monoisotopic (exact) mass is 501 g/mol. The number of benzene rings is 3. The Labute approximate surface area is 223 Å². The van der Waals surface area contributed by atoms with Crippen LogP contribution in [0.5, 0.6) is 5.75 Å². The SMILES string of the molecule is O=C(Oc1ccccc1-c1nc2ccccn2c1NC1CCCCC1)C(c1ccccc1)c1ccccc1. The lowest BCUT2D eigenvalue weighted by atomic mass is 9.91. The molecule has 0 aliphatic heterocycles. The van der Waals surface area contributed by atoms with Crippen LogP contribution in [0.4, 0.5) is 5.82 Å². The molecule has 5 aromatic rings. The minimum atomic E-state index is -0.536. The molecule has 190 valence electrons. The summed E-state index contributed by atoms with van der Waals surface area (Å²) >= 11 is 0. The summed E-state index contributed by atoms with van der Waals surface area (Å²) in [6.45, 7) is 0. The first kappa shape index (κ1) is 24.0. The highest BCUT2D eigenvalue weighted by Crippen LogP contribution is 2.38. The van der Waals surface area contributed by atoms with E-state index in [4.69, 9.17) is 9.72 Å². The van der Waals surface area contributed by atoms with E-state index < -0.39 is 5.92 Å². The van der Waals surface area contributed by atoms with Gasteiger partial charge in [0.05, 0.1) is 0 Å². The number of ether oxygens (including phenoxy) is 1. The minimum Gasteiger partial charge on any atom is -0.425 e. The van der Waals surface area contributed by atoms with Crippen LogP contribution in [0.1, 0.15) is 49.1 Å². The molecular formula is C33H31N3O2. The van der Waals surface area contributed by atoms with Crippen LogP contribution in [-0.4, -0.2) is 21.4 Å². The van der Waals surface area contributed by atoms with Gasteiger partial charge in [0.25, 0.3) is 0 Å². The number of imidazole rings is 1. The standard InChI is InChI=1S/C33H31N3O2/c37-33(30(24-14-4-1-5-15-24)25-16-6-2-7-17-25)38-28-21-11-10-20-27(28)31-32(34-26-18-8-3-9-19-26)36-23-13-12-22-29(36)35-31/h1-2,4-7,10-17,20-23,26,30,34H,3,8-9,18-19H2. The molecule has 0 unspecified atom stereocenters. The molecular weight excluding hydrogens is 470 g/mol. The summed E-state index contributed by atoms with van der Waals surface area (Å²) in [5.41, 5.74) is 4.24. The van der Waals surface area contributed by atoms with Gasteiger partial charge in [-0.1, -0.05) is 98.1 Å². The molecule has 38 heavy (non-hydrogen) atoms. The predicted molar refractivity (Wildman–Crippen MR) is 151 cm³/mol. The number of fused-ring (bicyclic) bond motifs is 1. The molecule has 1 aliphatic carbocycles. The van der Waals surface area contributed by atoms with Gasteiger partial charge in [0.2, 0.25) is 0 Å². The number of anilines is 1. The lowest BCUT2D eigenvalue weighted by Crippen LogP contribution is -2.23. The molecule has 1 aliphatic rings. The van der Waals surface area contributed by atoms with E-state index in [1.54, 1.807) is 0 Å². The molecule has 5 heteroatoms. The predicted octanol–water partition coefficient (Wildman–Crippen LogP) is 7.48. The van der Waals surface area contributed by atoms with E-state index in [1.165, 1.54) is 19.3 Å². The summed E-state index contributed by atoms with van der Waals surface area (Å²) in [6, 6.07) is 33.7. The second kappa shape index (κ2) is 10.9. The van der Waals surface area contributed by atoms with Crippen LogP contribution in [0.25, 0.3) is 16.9 Å². The Hall–Kier alpha value is -4.38. The third-order valence-electron chi connectivity index (χ3n) is 7.33. The number of carbonyl (C=O) groups excluding carboxylic acids is 1. The Bertz CT molecular complexity index is 1480. The molecule has 0 bridgehead atoms. The molecule has 2 heterocycles. The van der Waals surface area contributed by atoms with Crippen LogP contribution in [-0.2, 0) is 4.79 Å². The Morgan fingerprint density at radius 2 is 1.42 bits per heavy atom. The van der Waals surface area contributed by atoms with Crippen molar-refractivity contribution in [1.82, 2.24) is 9.38 Å². The van der Waals surface area contributed by atoms with Crippen LogP contribution in [0.3, 0.4) is 0 Å². The second-order valence-electron chi connectivity index (χ2n) is 9.89. The van der Waals surface area contributed by atoms with E-state index >= 15 is 0 Å². The minimum absolute atomic E-state index is 0.319. The molecule has 1 N–H and O–H groups in total. The van der Waals surface area contributed by atoms with Crippen LogP contribution in [0, 0.1) is 0 Å². The summed E-state index contributed by atoms with van der Waals surface area (Å²) < 4.78 is 8.29. The van der Waals surface area contributed by atoms with Crippen molar-refractivity contribution in [3.05, 3.63) is 120 Å². The molecule has 0 atom stereocenters. The molecule has 2 aromatic heterocycles. The number of hydrogen-bond acceptors (Lipinski definition) is 4. The number of nitrogens with one attached hydrogen (secondary N) is 1. The highest BCUT2D eigenvalue weighted by molar-refractivity contribution is 5.87. The largest absolute Gasteiger partial charge is 0.425 e. The van der Waals surface area contributed by atoms with Crippen LogP contribution < -0.4 is 10.1 Å². The zero-order chi connectivity index (χ0) is 25.7. The Morgan fingerprint density at radius 1 is 0.789 bits per heavy atom. The highest BCUT2D eigenvalue weighted by atomic mass is 16.5. The number of nitrogens with zero attached hydrogens (tertiary/aromatic N) is 2. The molecule has 0 radical (unpaired) electrons. The molecule has 0 amide bonds. The molecule has 0 saturated heterocycles. The number of para-hydroxylation sites is 1. The quantitative estimate of drug-likeness (QED) is 0.185. The van der Waals surface area contributed by atoms with Gasteiger partial charge in [-0.15, -0.1) is 0 Å². The van der Waals surface area contributed by atoms with Gasteiger partial charge < -0.3 is 10.1 Å². The van der Waals surface area contributed by atoms with Crippen LogP contribution >= 0.6 is 0 Å². The molecule has 6 rings (SSSR count). The number of hydrogen-bond donors (Lipinski definition) is 1. The van der Waals surface area contributed by atoms with Gasteiger partial charge in [-0.25, -0.2) is 4.98 Å². The fraction of sp³-hybridized carbons (Fsp3) is 0.212. The fourth-order valence-electron chi connectivity index (χ4n) is 5.44. The van der Waals surface area contributed by atoms with E-state index in [9.17, 15) is 4.79 Å². The number of aromatic nitrogens is 2. The molecule has 5 nitrogen and oxygen atoms in total. The third kappa shape index (κ3) is 4.92. The number of pyridine rings is 1. The fourth-order valence-corrected chi connectivity index (χ4v) is 5.44. The summed E-state index contributed by atoms with van der Waals surface area (Å²) in [5.74, 6) is 0.592. The van der Waals surface area contributed by atoms with Gasteiger partial charge in [0.15, 0.2) is 0 Å². The van der Waals surface area contributed by atoms with Crippen molar-refractivity contribution in [3.63, 3.8) is 0 Å². The lowest BCUT2D eigenvalue weighted by molar-refractivity contribution is -0.135. The van der Waals surface area contributed by atoms with Crippen LogP contribution in [0.15, 0.2) is 109 Å². The van der Waals surface area contributed by atoms with Crippen molar-refractivity contribution < 1.29 is 9.53 Å². The topological polar surface area (TPSA) is 55.6 Å². The first-order valence-corrected chi connectivity index (χ1v) is 13.4. The van der Waals surface area contributed by atoms with Crippen molar-refractivity contribution in [2.24, 2.45) is 0 Å². The van der Waals surface area contributed by atoms with E-state index in [0.717, 1.165) is 46.7 Å². The first-order chi connectivity index (χ1) is 18.8. The van der Waals surface area contributed by atoms with Crippen LogP contribution in [0.2, 0.25) is 0 Å². The summed E-state index contributed by atoms with van der Waals surface area (Å²) in [4.78, 5) is 18.8. The number of carbonyl (C=O) groups is 1. The Balaban J connectivity index is 1.39. The number of rotatable bonds is 7. The van der Waals surface area contributed by atoms with Gasteiger partial charge in [-0.05, 0) is 48.2 Å². The third-order valence-corrected chi connectivity index (χ3v) is 7.33. The maximum atomic E-state index is 13.8. The maximum Gasteiger partial charge on any atom is 0.323 e. The Kier molecular flexibility index (Phi) is 6.90. The van der Waals surface area contributed by atoms with E-state index in [0.29, 0.717) is 11.8 Å². The maximum absolute atomic E-state index is 13.8. The molecule has 0 spiro atoms. The average molecular weight is 502 g/mol. The molecule has 1 fully saturated rings. The summed E-state index contributed by atoms with van der Waals surface area (Å²) in [7, 11) is 0. The Morgan fingerprint density at radius 3 is 2.13 bits per heavy atom. The zero-order valence-corrected chi connectivity index (χ0v) is 21.3.